The number of hydrogen-bond donors (Lipinski definition) is 1. The lowest BCUT2D eigenvalue weighted by Gasteiger charge is -2.33. The van der Waals surface area contributed by atoms with E-state index in [-0.39, 0.29) is 23.8 Å². The summed E-state index contributed by atoms with van der Waals surface area (Å²) in [5, 5.41) is 14.2. The number of benzene rings is 1. The van der Waals surface area contributed by atoms with Crippen LogP contribution >= 0.6 is 15.9 Å². The fourth-order valence-electron chi connectivity index (χ4n) is 5.66. The average molecular weight is 594 g/mol. The summed E-state index contributed by atoms with van der Waals surface area (Å²) in [6.07, 6.45) is 4.68. The summed E-state index contributed by atoms with van der Waals surface area (Å²) in [6, 6.07) is 7.85. The van der Waals surface area contributed by atoms with Crippen molar-refractivity contribution in [2.45, 2.75) is 71.3 Å². The Morgan fingerprint density at radius 3 is 2.67 bits per heavy atom. The standard InChI is InChI=1S/C30H33BrN4O4/c1-5-7-27(36)35(25-14-17(3)23(31)16-22(25)19-8-9-19)26-13-12-24-28(32-26)29(33-34(24)4)39-20-10-11-21(30(37)38)18(6-2)15-20/h12-14,16,18-21H,6,8-11,15H2,1-4H3,(H,37,38)/t18-,20+,21-/m1/s1. The molecule has 0 radical (unpaired) electrons. The van der Waals surface area contributed by atoms with E-state index in [1.54, 1.807) is 16.5 Å². The highest BCUT2D eigenvalue weighted by Crippen LogP contribution is 2.47. The molecule has 3 aromatic rings. The Balaban J connectivity index is 1.54. The first kappa shape index (κ1) is 27.2. The molecule has 2 saturated carbocycles. The highest BCUT2D eigenvalue weighted by atomic mass is 79.9. The molecule has 2 aromatic heterocycles. The molecule has 0 spiro atoms. The molecule has 2 heterocycles. The first-order valence-electron chi connectivity index (χ1n) is 13.5. The number of rotatable bonds is 7. The quantitative estimate of drug-likeness (QED) is 0.325. The molecule has 8 nitrogen and oxygen atoms in total. The predicted octanol–water partition coefficient (Wildman–Crippen LogP) is 6.26. The Hall–Kier alpha value is -3.38. The van der Waals surface area contributed by atoms with Crippen LogP contribution in [-0.4, -0.2) is 37.9 Å². The number of carbonyl (C=O) groups is 2. The maximum atomic E-state index is 13.4. The van der Waals surface area contributed by atoms with Crippen LogP contribution in [0.4, 0.5) is 11.5 Å². The predicted molar refractivity (Wildman–Crippen MR) is 153 cm³/mol. The Labute approximate surface area is 236 Å². The van der Waals surface area contributed by atoms with Crippen LogP contribution in [-0.2, 0) is 16.6 Å². The minimum absolute atomic E-state index is 0.0574. The molecule has 2 aliphatic rings. The highest BCUT2D eigenvalue weighted by Gasteiger charge is 2.36. The zero-order valence-electron chi connectivity index (χ0n) is 22.7. The van der Waals surface area contributed by atoms with Gasteiger partial charge in [-0.1, -0.05) is 35.2 Å². The third kappa shape index (κ3) is 5.40. The van der Waals surface area contributed by atoms with Gasteiger partial charge in [0, 0.05) is 11.5 Å². The molecule has 204 valence electrons. The maximum absolute atomic E-state index is 13.4. The van der Waals surface area contributed by atoms with Crippen molar-refractivity contribution >= 4 is 50.3 Å². The van der Waals surface area contributed by atoms with Crippen molar-refractivity contribution in [1.82, 2.24) is 14.8 Å². The lowest BCUT2D eigenvalue weighted by atomic mass is 9.76. The smallest absolute Gasteiger partial charge is 0.308 e. The minimum Gasteiger partial charge on any atom is -0.481 e. The van der Waals surface area contributed by atoms with Gasteiger partial charge in [0.1, 0.15) is 11.9 Å². The van der Waals surface area contributed by atoms with Crippen molar-refractivity contribution in [3.05, 3.63) is 39.9 Å². The van der Waals surface area contributed by atoms with Crippen molar-refractivity contribution < 1.29 is 19.4 Å². The fourth-order valence-corrected chi connectivity index (χ4v) is 6.02. The van der Waals surface area contributed by atoms with Gasteiger partial charge in [0.25, 0.3) is 5.88 Å². The third-order valence-electron chi connectivity index (χ3n) is 7.94. The van der Waals surface area contributed by atoms with Crippen LogP contribution in [0.1, 0.15) is 69.4 Å². The fraction of sp³-hybridized carbons (Fsp3) is 0.467. The number of fused-ring (bicyclic) bond motifs is 1. The van der Waals surface area contributed by atoms with E-state index in [0.717, 1.165) is 46.1 Å². The molecule has 0 bridgehead atoms. The Morgan fingerprint density at radius 2 is 2.00 bits per heavy atom. The van der Waals surface area contributed by atoms with Gasteiger partial charge in [0.15, 0.2) is 5.52 Å². The first-order valence-corrected chi connectivity index (χ1v) is 14.3. The number of aromatic nitrogens is 3. The van der Waals surface area contributed by atoms with Gasteiger partial charge in [-0.05, 0) is 99.1 Å². The number of carboxylic acids is 1. The number of carbonyl (C=O) groups excluding carboxylic acids is 1. The van der Waals surface area contributed by atoms with Gasteiger partial charge < -0.3 is 9.84 Å². The van der Waals surface area contributed by atoms with Crippen LogP contribution in [0.5, 0.6) is 5.88 Å². The summed E-state index contributed by atoms with van der Waals surface area (Å²) in [7, 11) is 1.83. The average Bonchev–Trinajstić information content (AvgIpc) is 3.71. The summed E-state index contributed by atoms with van der Waals surface area (Å²) in [5.41, 5.74) is 4.26. The molecule has 0 unspecified atom stereocenters. The summed E-state index contributed by atoms with van der Waals surface area (Å²) < 4.78 is 9.11. The van der Waals surface area contributed by atoms with E-state index in [1.807, 2.05) is 39.1 Å². The molecule has 0 aliphatic heterocycles. The molecule has 1 amide bonds. The molecule has 1 N–H and O–H groups in total. The second-order valence-corrected chi connectivity index (χ2v) is 11.4. The summed E-state index contributed by atoms with van der Waals surface area (Å²) in [5.74, 6) is 5.34. The summed E-state index contributed by atoms with van der Waals surface area (Å²) in [4.78, 5) is 31.6. The number of aliphatic carboxylic acids is 1. The van der Waals surface area contributed by atoms with Gasteiger partial charge in [-0.15, -0.1) is 5.10 Å². The second kappa shape index (κ2) is 11.0. The second-order valence-electron chi connectivity index (χ2n) is 10.6. The molecule has 9 heteroatoms. The van der Waals surface area contributed by atoms with Gasteiger partial charge in [0.2, 0.25) is 0 Å². The van der Waals surface area contributed by atoms with Crippen molar-refractivity contribution in [1.29, 1.82) is 0 Å². The monoisotopic (exact) mass is 592 g/mol. The van der Waals surface area contributed by atoms with Gasteiger partial charge >= 0.3 is 11.9 Å². The van der Waals surface area contributed by atoms with Crippen LogP contribution in [0, 0.1) is 30.6 Å². The van der Waals surface area contributed by atoms with Crippen LogP contribution in [0.25, 0.3) is 11.0 Å². The zero-order valence-corrected chi connectivity index (χ0v) is 24.3. The van der Waals surface area contributed by atoms with Crippen molar-refractivity contribution in [3.63, 3.8) is 0 Å². The third-order valence-corrected chi connectivity index (χ3v) is 8.79. The van der Waals surface area contributed by atoms with Crippen LogP contribution in [0.2, 0.25) is 0 Å². The Kier molecular flexibility index (Phi) is 7.68. The van der Waals surface area contributed by atoms with E-state index in [0.29, 0.717) is 42.4 Å². The summed E-state index contributed by atoms with van der Waals surface area (Å²) in [6.45, 7) is 5.68. The number of hydrogen-bond acceptors (Lipinski definition) is 5. The van der Waals surface area contributed by atoms with E-state index in [9.17, 15) is 14.7 Å². The number of carboxylic acid groups (broad SMARTS) is 1. The van der Waals surface area contributed by atoms with E-state index in [1.165, 1.54) is 0 Å². The number of halogens is 1. The van der Waals surface area contributed by atoms with Crippen molar-refractivity contribution in [3.8, 4) is 17.7 Å². The molecule has 2 fully saturated rings. The molecule has 5 rings (SSSR count). The van der Waals surface area contributed by atoms with E-state index >= 15 is 0 Å². The zero-order chi connectivity index (χ0) is 27.8. The lowest BCUT2D eigenvalue weighted by Crippen LogP contribution is -2.35. The lowest BCUT2D eigenvalue weighted by molar-refractivity contribution is -0.145. The van der Waals surface area contributed by atoms with Gasteiger partial charge in [0.05, 0.1) is 17.1 Å². The van der Waals surface area contributed by atoms with E-state index < -0.39 is 5.97 Å². The molecular weight excluding hydrogens is 560 g/mol. The number of anilines is 2. The number of nitrogens with zero attached hydrogens (tertiary/aromatic N) is 4. The van der Waals surface area contributed by atoms with E-state index in [2.05, 4.69) is 38.9 Å². The topological polar surface area (TPSA) is 97.6 Å². The molecular formula is C30H33BrN4O4. The number of ether oxygens (including phenoxy) is 1. The highest BCUT2D eigenvalue weighted by molar-refractivity contribution is 9.10. The van der Waals surface area contributed by atoms with E-state index in [4.69, 9.17) is 9.72 Å². The molecule has 2 aliphatic carbocycles. The Bertz CT molecular complexity index is 1500. The molecule has 3 atom stereocenters. The van der Waals surface area contributed by atoms with Crippen LogP contribution < -0.4 is 9.64 Å². The molecule has 0 saturated heterocycles. The Morgan fingerprint density at radius 1 is 1.23 bits per heavy atom. The maximum Gasteiger partial charge on any atom is 0.308 e. The largest absolute Gasteiger partial charge is 0.481 e. The van der Waals surface area contributed by atoms with Gasteiger partial charge in [-0.2, -0.15) is 0 Å². The summed E-state index contributed by atoms with van der Waals surface area (Å²) >= 11 is 3.66. The first-order chi connectivity index (χ1) is 18.7. The SMILES string of the molecule is CC#CC(=O)N(c1ccc2c(n1)c(O[C@H]1CC[C@@H](C(=O)O)[C@H](CC)C1)nn2C)c1cc(C)c(Br)cc1C1CC1. The molecule has 1 aromatic carbocycles. The number of amides is 1. The van der Waals surface area contributed by atoms with Gasteiger partial charge in [-0.25, -0.2) is 4.98 Å². The minimum atomic E-state index is -0.733. The van der Waals surface area contributed by atoms with Gasteiger partial charge in [-0.3, -0.25) is 19.2 Å². The van der Waals surface area contributed by atoms with Crippen molar-refractivity contribution in [2.75, 3.05) is 4.90 Å². The number of pyridine rings is 1. The molecule has 39 heavy (non-hydrogen) atoms. The van der Waals surface area contributed by atoms with Crippen LogP contribution in [0.3, 0.4) is 0 Å². The van der Waals surface area contributed by atoms with Crippen LogP contribution in [0.15, 0.2) is 28.7 Å². The number of aryl methyl sites for hydroxylation is 2. The van der Waals surface area contributed by atoms with Crippen molar-refractivity contribution in [2.24, 2.45) is 18.9 Å². The normalized spacial score (nSPS) is 20.8.